The molecule has 0 spiro atoms. The molecule has 0 fully saturated rings. The zero-order valence-corrected chi connectivity index (χ0v) is 37.1. The molecular formula is C30H68F3N6O3P3S2. The van der Waals surface area contributed by atoms with E-state index in [4.69, 9.17) is 34.8 Å². The predicted molar refractivity (Wildman–Crippen MR) is 206 cm³/mol. The first-order valence-corrected chi connectivity index (χ1v) is 25.8. The maximum atomic E-state index is 10.7. The van der Waals surface area contributed by atoms with Crippen molar-refractivity contribution in [3.8, 4) is 0 Å². The van der Waals surface area contributed by atoms with E-state index in [1.807, 2.05) is 0 Å². The summed E-state index contributed by atoms with van der Waals surface area (Å²) in [5.41, 5.74) is -5.65. The van der Waals surface area contributed by atoms with Crippen molar-refractivity contribution in [2.75, 3.05) is 26.7 Å². The van der Waals surface area contributed by atoms with Gasteiger partial charge in [0.15, 0.2) is 10.1 Å². The molecule has 0 aliphatic carbocycles. The second-order valence-electron chi connectivity index (χ2n) is 15.1. The van der Waals surface area contributed by atoms with Gasteiger partial charge in [0.1, 0.15) is 18.2 Å². The van der Waals surface area contributed by atoms with Gasteiger partial charge in [-0.15, -0.1) is 14.5 Å². The highest BCUT2D eigenvalue weighted by Gasteiger charge is 2.54. The van der Waals surface area contributed by atoms with Crippen molar-refractivity contribution in [2.24, 2.45) is 10.00 Å². The third-order valence-electron chi connectivity index (χ3n) is 7.18. The first-order valence-electron chi connectivity index (χ1n) is 16.4. The van der Waals surface area contributed by atoms with Crippen molar-refractivity contribution in [1.29, 1.82) is 0 Å². The Morgan fingerprint density at radius 1 is 0.660 bits per heavy atom. The van der Waals surface area contributed by atoms with E-state index in [1.54, 1.807) is 0 Å². The topological polar surface area (TPSA) is 94.9 Å². The van der Waals surface area contributed by atoms with E-state index < -0.39 is 36.6 Å². The summed E-state index contributed by atoms with van der Waals surface area (Å²) in [6.45, 7) is 44.7. The molecule has 0 bridgehead atoms. The van der Waals surface area contributed by atoms with Gasteiger partial charge in [-0.05, 0) is 131 Å². The molecule has 0 saturated carbocycles. The number of halogens is 3. The van der Waals surface area contributed by atoms with Crippen molar-refractivity contribution >= 4 is 48.0 Å². The molecule has 0 saturated heterocycles. The summed E-state index contributed by atoms with van der Waals surface area (Å²) in [4.78, 5) is 5.56. The Balaban J connectivity index is 0. The molecule has 47 heavy (non-hydrogen) atoms. The Labute approximate surface area is 293 Å². The third kappa shape index (κ3) is 13.2. The molecule has 0 aromatic heterocycles. The predicted octanol–water partition coefficient (Wildman–Crippen LogP) is 9.66. The van der Waals surface area contributed by atoms with Crippen LogP contribution in [0.25, 0.3) is 0 Å². The fourth-order valence-corrected chi connectivity index (χ4v) is 22.9. The monoisotopic (exact) mass is 774 g/mol. The summed E-state index contributed by atoms with van der Waals surface area (Å²) in [5, 5.41) is 6.68. The van der Waals surface area contributed by atoms with E-state index >= 15 is 0 Å². The minimum Gasteiger partial charge on any atom is -0.741 e. The SMILES string of the molecule is CC(C)N(C(C)C)P(=S)(C(/N=N/[P+](C)(N(C(C)C)C(C)C)N(C(C)C)C(C)C)=P(C)(C)C)N(C(C)C)C(C)C.O=S(=O)([O-])C(F)(F)F. The maximum absolute atomic E-state index is 10.7. The van der Waals surface area contributed by atoms with Crippen LogP contribution < -0.4 is 0 Å². The van der Waals surface area contributed by atoms with Crippen molar-refractivity contribution in [3.05, 3.63) is 0 Å². The summed E-state index contributed by atoms with van der Waals surface area (Å²) in [6.07, 6.45) is -2.45. The Morgan fingerprint density at radius 2 is 0.894 bits per heavy atom. The second kappa shape index (κ2) is 18.8. The van der Waals surface area contributed by atoms with E-state index in [2.05, 4.69) is 156 Å². The van der Waals surface area contributed by atoms with Crippen LogP contribution >= 0.6 is 20.9 Å². The molecule has 0 radical (unpaired) electrons. The van der Waals surface area contributed by atoms with Crippen LogP contribution in [0.2, 0.25) is 0 Å². The maximum Gasteiger partial charge on any atom is 0.485 e. The standard InChI is InChI=1S/C29H68N6P3S.CHF3O3S/c1-21(2)32(22(3)4)37(20,33(23(5)6)24(7)8)31-30-29(36(17,18)19)38(39,34(25(9)10)26(11)12)35(27(13)14)28(15)16;2-1(3,4)8(5,6)7/h21-28H,1-20H3;(H,5,6,7)/q+1;/p-1/b31-30+;. The van der Waals surface area contributed by atoms with Crippen LogP contribution in [0, 0.1) is 0 Å². The third-order valence-corrected chi connectivity index (χ3v) is 21.5. The van der Waals surface area contributed by atoms with Crippen LogP contribution in [-0.4, -0.2) is 117 Å². The molecular weight excluding hydrogens is 706 g/mol. The van der Waals surface area contributed by atoms with Gasteiger partial charge < -0.3 is 4.55 Å². The van der Waals surface area contributed by atoms with Gasteiger partial charge in [0.25, 0.3) is 7.71 Å². The smallest absolute Gasteiger partial charge is 0.485 e. The number of hydrogen-bond acceptors (Lipinski definition) is 7. The highest BCUT2D eigenvalue weighted by Crippen LogP contribution is 2.69. The van der Waals surface area contributed by atoms with E-state index in [-0.39, 0.29) is 0 Å². The molecule has 0 unspecified atom stereocenters. The van der Waals surface area contributed by atoms with Crippen LogP contribution in [-0.2, 0) is 21.9 Å². The normalized spacial score (nSPS) is 14.7. The fourth-order valence-electron chi connectivity index (χ4n) is 6.63. The first-order chi connectivity index (χ1) is 20.6. The minimum atomic E-state index is -6.09. The van der Waals surface area contributed by atoms with Gasteiger partial charge in [-0.2, -0.15) is 13.2 Å². The Morgan fingerprint density at radius 3 is 1.04 bits per heavy atom. The van der Waals surface area contributed by atoms with Crippen LogP contribution in [0.5, 0.6) is 0 Å². The van der Waals surface area contributed by atoms with Gasteiger partial charge in [0.05, 0.1) is 0 Å². The van der Waals surface area contributed by atoms with Gasteiger partial charge in [0.2, 0.25) is 0 Å². The van der Waals surface area contributed by atoms with Crippen molar-refractivity contribution in [1.82, 2.24) is 18.7 Å². The zero-order valence-electron chi connectivity index (χ0n) is 32.8. The molecule has 0 aromatic carbocycles. The first kappa shape index (κ1) is 49.6. The molecule has 0 heterocycles. The number of alkyl halides is 3. The molecule has 0 aliphatic rings. The van der Waals surface area contributed by atoms with Gasteiger partial charge in [-0.25, -0.2) is 8.42 Å². The van der Waals surface area contributed by atoms with Crippen molar-refractivity contribution < 1.29 is 26.1 Å². The van der Waals surface area contributed by atoms with Crippen LogP contribution in [0.15, 0.2) is 10.00 Å². The summed E-state index contributed by atoms with van der Waals surface area (Å²) < 4.78 is 69.4. The second-order valence-corrected chi connectivity index (χ2v) is 28.1. The number of rotatable bonds is 15. The van der Waals surface area contributed by atoms with Crippen molar-refractivity contribution in [3.63, 3.8) is 0 Å². The lowest BCUT2D eigenvalue weighted by atomic mass is 10.3. The quantitative estimate of drug-likeness (QED) is 0.0703. The lowest BCUT2D eigenvalue weighted by Crippen LogP contribution is -2.47. The van der Waals surface area contributed by atoms with E-state index in [0.717, 1.165) is 0 Å². The molecule has 9 nitrogen and oxygen atoms in total. The van der Waals surface area contributed by atoms with Crippen molar-refractivity contribution in [2.45, 2.75) is 165 Å². The Kier molecular flexibility index (Phi) is 19.9. The number of nitrogens with zero attached hydrogens (tertiary/aromatic N) is 6. The largest absolute Gasteiger partial charge is 0.741 e. The zero-order chi connectivity index (χ0) is 38.4. The Bertz CT molecular complexity index is 1130. The van der Waals surface area contributed by atoms with Gasteiger partial charge in [-0.3, -0.25) is 9.34 Å². The van der Waals surface area contributed by atoms with Gasteiger partial charge in [0, 0.05) is 53.2 Å². The fraction of sp³-hybridized carbons (Fsp3) is 0.967. The molecule has 17 heteroatoms. The highest BCUT2D eigenvalue weighted by atomic mass is 32.4. The molecule has 0 atom stereocenters. The molecule has 0 aromatic rings. The average Bonchev–Trinajstić information content (AvgIpc) is 2.74. The Hall–Kier alpha value is 0.520. The number of hydrogen-bond donors (Lipinski definition) is 0. The lowest BCUT2D eigenvalue weighted by Gasteiger charge is -2.51. The van der Waals surface area contributed by atoms with Crippen LogP contribution in [0.4, 0.5) is 13.2 Å². The van der Waals surface area contributed by atoms with E-state index in [0.29, 0.717) is 48.3 Å². The summed E-state index contributed by atoms with van der Waals surface area (Å²) in [6, 6.07) is 2.62. The lowest BCUT2D eigenvalue weighted by molar-refractivity contribution is -0.0517. The van der Waals surface area contributed by atoms with Gasteiger partial charge in [-0.1, -0.05) is 18.7 Å². The van der Waals surface area contributed by atoms with E-state index in [1.165, 1.54) is 5.16 Å². The minimum absolute atomic E-state index is 0.305. The van der Waals surface area contributed by atoms with Crippen LogP contribution in [0.1, 0.15) is 111 Å². The summed E-state index contributed by atoms with van der Waals surface area (Å²) in [5.74, 6) is 0. The summed E-state index contributed by atoms with van der Waals surface area (Å²) in [7, 11) is -8.30. The van der Waals surface area contributed by atoms with Gasteiger partial charge >= 0.3 is 5.51 Å². The molecule has 0 aliphatic heterocycles. The summed E-state index contributed by atoms with van der Waals surface area (Å²) >= 11 is 7.03. The van der Waals surface area contributed by atoms with E-state index in [9.17, 15) is 13.2 Å². The van der Waals surface area contributed by atoms with Crippen LogP contribution in [0.3, 0.4) is 0 Å². The molecule has 0 amide bonds. The average molecular weight is 775 g/mol. The molecule has 0 N–H and O–H groups in total. The molecule has 284 valence electrons. The molecule has 0 rings (SSSR count). The highest BCUT2D eigenvalue weighted by molar-refractivity contribution is 8.24.